The van der Waals surface area contributed by atoms with Crippen molar-refractivity contribution in [3.8, 4) is 0 Å². The number of nitrogens with one attached hydrogen (secondary N) is 1. The number of amides is 1. The highest BCUT2D eigenvalue weighted by Crippen LogP contribution is 2.07. The number of piperazine rings is 1. The highest BCUT2D eigenvalue weighted by molar-refractivity contribution is 5.94. The molecule has 102 valence electrons. The Bertz CT molecular complexity index is 450. The number of rotatable bonds is 3. The Balaban J connectivity index is 1.84. The Kier molecular flexibility index (Phi) is 4.52. The summed E-state index contributed by atoms with van der Waals surface area (Å²) in [7, 11) is 0. The summed E-state index contributed by atoms with van der Waals surface area (Å²) < 4.78 is 5.24. The van der Waals surface area contributed by atoms with Crippen LogP contribution in [0.5, 0.6) is 0 Å². The molecule has 0 aromatic heterocycles. The van der Waals surface area contributed by atoms with Gasteiger partial charge in [0.2, 0.25) is 0 Å². The highest BCUT2D eigenvalue weighted by atomic mass is 16.6. The van der Waals surface area contributed by atoms with Crippen LogP contribution >= 0.6 is 0 Å². The molecule has 1 aromatic rings. The van der Waals surface area contributed by atoms with E-state index in [1.54, 1.807) is 17.0 Å². The fraction of sp³-hybridized carbons (Fsp3) is 0.429. The normalized spacial score (nSPS) is 15.1. The van der Waals surface area contributed by atoms with Crippen LogP contribution in [0.2, 0.25) is 0 Å². The van der Waals surface area contributed by atoms with Crippen LogP contribution in [-0.2, 0) is 11.3 Å². The number of carbonyl (C=O) groups excluding carboxylic acids is 2. The lowest BCUT2D eigenvalue weighted by Gasteiger charge is -2.26. The minimum absolute atomic E-state index is 0.0318. The van der Waals surface area contributed by atoms with Crippen molar-refractivity contribution in [3.63, 3.8) is 0 Å². The van der Waals surface area contributed by atoms with E-state index < -0.39 is 0 Å². The van der Waals surface area contributed by atoms with Gasteiger partial charge in [0, 0.05) is 31.7 Å². The van der Waals surface area contributed by atoms with E-state index >= 15 is 0 Å². The van der Waals surface area contributed by atoms with Gasteiger partial charge in [-0.1, -0.05) is 24.3 Å². The van der Waals surface area contributed by atoms with E-state index in [2.05, 4.69) is 5.32 Å². The average molecular weight is 262 g/mol. The van der Waals surface area contributed by atoms with Crippen molar-refractivity contribution in [2.75, 3.05) is 26.2 Å². The smallest absolute Gasteiger partial charge is 0.410 e. The van der Waals surface area contributed by atoms with Gasteiger partial charge in [0.15, 0.2) is 5.78 Å². The Hall–Kier alpha value is -1.88. The van der Waals surface area contributed by atoms with Gasteiger partial charge in [0.1, 0.15) is 6.61 Å². The number of hydrogen-bond donors (Lipinski definition) is 1. The zero-order chi connectivity index (χ0) is 13.7. The Labute approximate surface area is 112 Å². The third kappa shape index (κ3) is 3.79. The van der Waals surface area contributed by atoms with E-state index in [0.29, 0.717) is 18.7 Å². The van der Waals surface area contributed by atoms with Crippen molar-refractivity contribution < 1.29 is 14.3 Å². The molecular weight excluding hydrogens is 244 g/mol. The zero-order valence-corrected chi connectivity index (χ0v) is 11.0. The maximum Gasteiger partial charge on any atom is 0.410 e. The number of ketones is 1. The molecule has 1 N–H and O–H groups in total. The van der Waals surface area contributed by atoms with Crippen molar-refractivity contribution in [2.45, 2.75) is 13.5 Å². The first-order chi connectivity index (χ1) is 9.16. The molecule has 19 heavy (non-hydrogen) atoms. The second-order valence-corrected chi connectivity index (χ2v) is 4.54. The largest absolute Gasteiger partial charge is 0.445 e. The number of ether oxygens (including phenoxy) is 1. The van der Waals surface area contributed by atoms with Crippen LogP contribution in [0.1, 0.15) is 22.8 Å². The summed E-state index contributed by atoms with van der Waals surface area (Å²) in [4.78, 5) is 24.6. The fourth-order valence-electron chi connectivity index (χ4n) is 1.92. The minimum Gasteiger partial charge on any atom is -0.445 e. The predicted molar refractivity (Wildman–Crippen MR) is 71.1 cm³/mol. The summed E-state index contributed by atoms with van der Waals surface area (Å²) in [5.41, 5.74) is 1.55. The van der Waals surface area contributed by atoms with Crippen LogP contribution in [-0.4, -0.2) is 43.0 Å². The molecule has 5 heteroatoms. The van der Waals surface area contributed by atoms with Crippen molar-refractivity contribution in [2.24, 2.45) is 0 Å². The number of Topliss-reactive ketones (excluding diaryl/α,β-unsaturated/α-hetero) is 1. The summed E-state index contributed by atoms with van der Waals surface area (Å²) >= 11 is 0. The van der Waals surface area contributed by atoms with Crippen molar-refractivity contribution in [1.82, 2.24) is 10.2 Å². The number of nitrogens with zero attached hydrogens (tertiary/aromatic N) is 1. The molecule has 0 aliphatic carbocycles. The summed E-state index contributed by atoms with van der Waals surface area (Å²) in [5.74, 6) is 0.0318. The Morgan fingerprint density at radius 3 is 2.42 bits per heavy atom. The third-order valence-electron chi connectivity index (χ3n) is 3.10. The lowest BCUT2D eigenvalue weighted by molar-refractivity contribution is 0.0917. The molecule has 2 rings (SSSR count). The van der Waals surface area contributed by atoms with Gasteiger partial charge in [-0.3, -0.25) is 4.79 Å². The second-order valence-electron chi connectivity index (χ2n) is 4.54. The molecule has 1 fully saturated rings. The molecule has 1 heterocycles. The van der Waals surface area contributed by atoms with Crippen LogP contribution in [0.25, 0.3) is 0 Å². The van der Waals surface area contributed by atoms with Crippen LogP contribution in [0, 0.1) is 0 Å². The topological polar surface area (TPSA) is 58.6 Å². The Morgan fingerprint density at radius 1 is 1.21 bits per heavy atom. The van der Waals surface area contributed by atoms with Gasteiger partial charge >= 0.3 is 6.09 Å². The number of benzene rings is 1. The average Bonchev–Trinajstić information content (AvgIpc) is 2.46. The second kappa shape index (κ2) is 6.33. The quantitative estimate of drug-likeness (QED) is 0.837. The van der Waals surface area contributed by atoms with Gasteiger partial charge in [-0.15, -0.1) is 0 Å². The first-order valence-corrected chi connectivity index (χ1v) is 6.39. The highest BCUT2D eigenvalue weighted by Gasteiger charge is 2.17. The molecule has 1 saturated heterocycles. The van der Waals surface area contributed by atoms with Gasteiger partial charge < -0.3 is 15.0 Å². The van der Waals surface area contributed by atoms with Crippen LogP contribution < -0.4 is 5.32 Å². The van der Waals surface area contributed by atoms with E-state index in [0.717, 1.165) is 18.7 Å². The molecule has 0 bridgehead atoms. The van der Waals surface area contributed by atoms with Gasteiger partial charge in [0.05, 0.1) is 0 Å². The van der Waals surface area contributed by atoms with Crippen LogP contribution in [0.15, 0.2) is 24.3 Å². The van der Waals surface area contributed by atoms with Gasteiger partial charge in [-0.05, 0) is 12.5 Å². The first kappa shape index (κ1) is 13.5. The van der Waals surface area contributed by atoms with E-state index in [1.807, 2.05) is 12.1 Å². The summed E-state index contributed by atoms with van der Waals surface area (Å²) in [6.07, 6.45) is -0.280. The molecule has 1 aliphatic rings. The first-order valence-electron chi connectivity index (χ1n) is 6.39. The molecule has 1 aliphatic heterocycles. The molecule has 1 aromatic carbocycles. The maximum absolute atomic E-state index is 11.8. The molecule has 5 nitrogen and oxygen atoms in total. The van der Waals surface area contributed by atoms with E-state index in [1.165, 1.54) is 6.92 Å². The third-order valence-corrected chi connectivity index (χ3v) is 3.10. The summed E-state index contributed by atoms with van der Waals surface area (Å²) in [5, 5.41) is 3.18. The molecule has 0 radical (unpaired) electrons. The maximum atomic E-state index is 11.8. The van der Waals surface area contributed by atoms with E-state index in [-0.39, 0.29) is 18.5 Å². The van der Waals surface area contributed by atoms with Crippen molar-refractivity contribution in [3.05, 3.63) is 35.4 Å². The van der Waals surface area contributed by atoms with Gasteiger partial charge in [0.25, 0.3) is 0 Å². The van der Waals surface area contributed by atoms with Crippen LogP contribution in [0.4, 0.5) is 4.79 Å². The molecule has 1 amide bonds. The summed E-state index contributed by atoms with van der Waals surface area (Å²) in [6, 6.07) is 7.11. The minimum atomic E-state index is -0.280. The molecule has 0 atom stereocenters. The standard InChI is InChI=1S/C14H18N2O3/c1-11(17)13-4-2-12(3-5-13)10-19-14(18)16-8-6-15-7-9-16/h2-5,15H,6-10H2,1H3. The lowest BCUT2D eigenvalue weighted by atomic mass is 10.1. The van der Waals surface area contributed by atoms with Crippen molar-refractivity contribution >= 4 is 11.9 Å². The molecule has 0 spiro atoms. The lowest BCUT2D eigenvalue weighted by Crippen LogP contribution is -2.46. The molecule has 0 saturated carbocycles. The summed E-state index contributed by atoms with van der Waals surface area (Å²) in [6.45, 7) is 4.75. The van der Waals surface area contributed by atoms with Crippen LogP contribution in [0.3, 0.4) is 0 Å². The number of carbonyl (C=O) groups is 2. The molecule has 0 unspecified atom stereocenters. The SMILES string of the molecule is CC(=O)c1ccc(COC(=O)N2CCNCC2)cc1. The zero-order valence-electron chi connectivity index (χ0n) is 11.0. The Morgan fingerprint density at radius 2 is 1.84 bits per heavy atom. The van der Waals surface area contributed by atoms with Gasteiger partial charge in [-0.2, -0.15) is 0 Å². The van der Waals surface area contributed by atoms with E-state index in [4.69, 9.17) is 4.74 Å². The van der Waals surface area contributed by atoms with Crippen molar-refractivity contribution in [1.29, 1.82) is 0 Å². The predicted octanol–water partition coefficient (Wildman–Crippen LogP) is 1.43. The molecular formula is C14H18N2O3. The number of hydrogen-bond acceptors (Lipinski definition) is 4. The fourth-order valence-corrected chi connectivity index (χ4v) is 1.92. The van der Waals surface area contributed by atoms with E-state index in [9.17, 15) is 9.59 Å². The monoisotopic (exact) mass is 262 g/mol. The van der Waals surface area contributed by atoms with Gasteiger partial charge in [-0.25, -0.2) is 4.79 Å².